The van der Waals surface area contributed by atoms with Gasteiger partial charge in [-0.2, -0.15) is 0 Å². The molecule has 5 rings (SSSR count). The second kappa shape index (κ2) is 10.2. The van der Waals surface area contributed by atoms with Crippen molar-refractivity contribution in [3.8, 4) is 17.2 Å². The van der Waals surface area contributed by atoms with E-state index in [1.165, 1.54) is 12.8 Å². The van der Waals surface area contributed by atoms with E-state index in [0.717, 1.165) is 72.9 Å². The normalized spacial score (nSPS) is 18.8. The van der Waals surface area contributed by atoms with Crippen molar-refractivity contribution in [2.45, 2.75) is 52.4 Å². The van der Waals surface area contributed by atoms with E-state index in [-0.39, 0.29) is 18.6 Å². The number of nitrogens with zero attached hydrogens (tertiary/aromatic N) is 3. The fraction of sp³-hybridized carbons (Fsp3) is 0.500. The Morgan fingerprint density at radius 2 is 1.60 bits per heavy atom. The van der Waals surface area contributed by atoms with Gasteiger partial charge in [-0.3, -0.25) is 9.59 Å². The lowest BCUT2D eigenvalue weighted by atomic mass is 9.95. The minimum atomic E-state index is 0.0126. The van der Waals surface area contributed by atoms with Gasteiger partial charge in [-0.15, -0.1) is 0 Å². The molecule has 0 N–H and O–H groups in total. The molecule has 0 saturated carbocycles. The van der Waals surface area contributed by atoms with Gasteiger partial charge in [0, 0.05) is 61.3 Å². The molecular weight excluding hydrogens is 442 g/mol. The molecule has 186 valence electrons. The van der Waals surface area contributed by atoms with Crippen LogP contribution in [0.1, 0.15) is 55.5 Å². The molecule has 0 spiro atoms. The first-order valence-corrected chi connectivity index (χ1v) is 12.9. The third-order valence-electron chi connectivity index (χ3n) is 7.56. The van der Waals surface area contributed by atoms with Gasteiger partial charge in [0.2, 0.25) is 18.6 Å². The average Bonchev–Trinajstić information content (AvgIpc) is 3.33. The molecule has 1 aromatic heterocycles. The molecule has 0 radical (unpaired) electrons. The van der Waals surface area contributed by atoms with Gasteiger partial charge in [0.05, 0.1) is 0 Å². The van der Waals surface area contributed by atoms with E-state index in [4.69, 9.17) is 9.47 Å². The van der Waals surface area contributed by atoms with Gasteiger partial charge in [0.25, 0.3) is 0 Å². The molecule has 2 fully saturated rings. The number of fused-ring (bicyclic) bond motifs is 1. The van der Waals surface area contributed by atoms with E-state index < -0.39 is 0 Å². The number of benzene rings is 1. The smallest absolute Gasteiger partial charge is 0.246 e. The lowest BCUT2D eigenvalue weighted by Gasteiger charge is -2.33. The van der Waals surface area contributed by atoms with Gasteiger partial charge in [-0.05, 0) is 69.4 Å². The molecule has 2 aromatic rings. The van der Waals surface area contributed by atoms with Crippen molar-refractivity contribution < 1.29 is 19.1 Å². The topological polar surface area (TPSA) is 64.0 Å². The number of rotatable bonds is 4. The van der Waals surface area contributed by atoms with Gasteiger partial charge in [0.15, 0.2) is 11.5 Å². The van der Waals surface area contributed by atoms with Crippen LogP contribution in [0.3, 0.4) is 0 Å². The summed E-state index contributed by atoms with van der Waals surface area (Å²) in [6.07, 6.45) is 9.77. The Labute approximate surface area is 207 Å². The molecule has 3 aliphatic rings. The zero-order chi connectivity index (χ0) is 24.4. The molecule has 0 bridgehead atoms. The number of aryl methyl sites for hydroxylation is 1. The first-order valence-electron chi connectivity index (χ1n) is 12.9. The maximum absolute atomic E-state index is 12.9. The molecule has 35 heavy (non-hydrogen) atoms. The van der Waals surface area contributed by atoms with Crippen molar-refractivity contribution in [1.29, 1.82) is 0 Å². The van der Waals surface area contributed by atoms with Crippen molar-refractivity contribution in [1.82, 2.24) is 14.4 Å². The van der Waals surface area contributed by atoms with Crippen molar-refractivity contribution >= 4 is 17.9 Å². The molecule has 0 aliphatic carbocycles. The highest BCUT2D eigenvalue weighted by Crippen LogP contribution is 2.35. The predicted molar refractivity (Wildman–Crippen MR) is 135 cm³/mol. The predicted octanol–water partition coefficient (Wildman–Crippen LogP) is 4.48. The fourth-order valence-electron chi connectivity index (χ4n) is 5.54. The van der Waals surface area contributed by atoms with Crippen LogP contribution in [0.25, 0.3) is 11.8 Å². The van der Waals surface area contributed by atoms with Crippen LogP contribution in [0, 0.1) is 19.8 Å². The molecule has 1 aromatic carbocycles. The maximum Gasteiger partial charge on any atom is 0.246 e. The minimum Gasteiger partial charge on any atom is -0.454 e. The first-order chi connectivity index (χ1) is 17.0. The molecule has 7 heteroatoms. The summed E-state index contributed by atoms with van der Waals surface area (Å²) in [6.45, 7) is 7.44. The Bertz CT molecular complexity index is 1120. The van der Waals surface area contributed by atoms with E-state index in [0.29, 0.717) is 19.0 Å². The molecule has 2 saturated heterocycles. The van der Waals surface area contributed by atoms with E-state index >= 15 is 0 Å². The van der Waals surface area contributed by atoms with Crippen molar-refractivity contribution in [2.24, 2.45) is 5.92 Å². The highest BCUT2D eigenvalue weighted by atomic mass is 16.7. The van der Waals surface area contributed by atoms with E-state index in [1.807, 2.05) is 29.2 Å². The van der Waals surface area contributed by atoms with Crippen LogP contribution in [0.2, 0.25) is 0 Å². The molecule has 0 atom stereocenters. The summed E-state index contributed by atoms with van der Waals surface area (Å²) >= 11 is 0. The largest absolute Gasteiger partial charge is 0.454 e. The van der Waals surface area contributed by atoms with Crippen molar-refractivity contribution in [2.75, 3.05) is 33.0 Å². The van der Waals surface area contributed by atoms with Crippen LogP contribution in [-0.2, 0) is 9.59 Å². The van der Waals surface area contributed by atoms with Crippen LogP contribution in [0.5, 0.6) is 11.5 Å². The summed E-state index contributed by atoms with van der Waals surface area (Å²) in [4.78, 5) is 29.8. The number of hydrogen-bond acceptors (Lipinski definition) is 4. The number of carbonyl (C=O) groups excluding carboxylic acids is 2. The lowest BCUT2D eigenvalue weighted by Crippen LogP contribution is -2.44. The van der Waals surface area contributed by atoms with Crippen LogP contribution in [0.4, 0.5) is 0 Å². The van der Waals surface area contributed by atoms with E-state index in [9.17, 15) is 9.59 Å². The quantitative estimate of drug-likeness (QED) is 0.610. The minimum absolute atomic E-state index is 0.0126. The molecule has 7 nitrogen and oxygen atoms in total. The van der Waals surface area contributed by atoms with Crippen LogP contribution in [0.15, 0.2) is 30.3 Å². The van der Waals surface area contributed by atoms with E-state index in [2.05, 4.69) is 29.4 Å². The zero-order valence-electron chi connectivity index (χ0n) is 20.8. The summed E-state index contributed by atoms with van der Waals surface area (Å²) in [7, 11) is 0. The fourth-order valence-corrected chi connectivity index (χ4v) is 5.54. The maximum atomic E-state index is 12.9. The van der Waals surface area contributed by atoms with Gasteiger partial charge in [-0.1, -0.05) is 12.8 Å². The molecular formula is C28H35N3O4. The highest BCUT2D eigenvalue weighted by molar-refractivity contribution is 5.92. The average molecular weight is 478 g/mol. The number of carbonyl (C=O) groups is 2. The second-order valence-electron chi connectivity index (χ2n) is 9.87. The summed E-state index contributed by atoms with van der Waals surface area (Å²) < 4.78 is 13.1. The summed E-state index contributed by atoms with van der Waals surface area (Å²) in [5, 5.41) is 0. The Balaban J connectivity index is 1.20. The van der Waals surface area contributed by atoms with E-state index in [1.54, 1.807) is 6.08 Å². The van der Waals surface area contributed by atoms with Gasteiger partial charge in [-0.25, -0.2) is 0 Å². The molecule has 0 unspecified atom stereocenters. The zero-order valence-corrected chi connectivity index (χ0v) is 20.8. The van der Waals surface area contributed by atoms with Crippen LogP contribution in [-0.4, -0.2) is 59.2 Å². The Morgan fingerprint density at radius 3 is 2.34 bits per heavy atom. The SMILES string of the molecule is Cc1cc(/C=C/C(=O)N2CCC(C(=O)N3CCCCCC3)CC2)c(C)n1-c1ccc2c(c1)OCO2. The standard InChI is InChI=1S/C28H35N3O4/c1-20-17-23(21(2)31(20)24-8-9-25-26(18-24)35-19-34-25)7-10-27(32)29-15-11-22(12-16-29)28(33)30-13-5-3-4-6-14-30/h7-10,17-18,22H,3-6,11-16,19H2,1-2H3/b10-7+. The molecule has 3 aliphatic heterocycles. The van der Waals surface area contributed by atoms with Crippen LogP contribution < -0.4 is 9.47 Å². The third-order valence-corrected chi connectivity index (χ3v) is 7.56. The third kappa shape index (κ3) is 4.95. The van der Waals surface area contributed by atoms with Crippen LogP contribution >= 0.6 is 0 Å². The lowest BCUT2D eigenvalue weighted by molar-refractivity contribution is -0.139. The summed E-state index contributed by atoms with van der Waals surface area (Å²) in [5.41, 5.74) is 4.17. The molecule has 2 amide bonds. The van der Waals surface area contributed by atoms with Crippen molar-refractivity contribution in [3.05, 3.63) is 47.3 Å². The second-order valence-corrected chi connectivity index (χ2v) is 9.87. The monoisotopic (exact) mass is 477 g/mol. The van der Waals surface area contributed by atoms with Crippen molar-refractivity contribution in [3.63, 3.8) is 0 Å². The number of piperidine rings is 1. The highest BCUT2D eigenvalue weighted by Gasteiger charge is 2.30. The summed E-state index contributed by atoms with van der Waals surface area (Å²) in [5.74, 6) is 1.88. The number of ether oxygens (including phenoxy) is 2. The van der Waals surface area contributed by atoms with Gasteiger partial charge < -0.3 is 23.8 Å². The number of amides is 2. The Morgan fingerprint density at radius 1 is 0.886 bits per heavy atom. The number of aromatic nitrogens is 1. The number of likely N-dealkylation sites (tertiary alicyclic amines) is 2. The Kier molecular flexibility index (Phi) is 6.84. The van der Waals surface area contributed by atoms with Gasteiger partial charge in [0.1, 0.15) is 0 Å². The van der Waals surface area contributed by atoms with Gasteiger partial charge >= 0.3 is 0 Å². The first kappa shape index (κ1) is 23.5. The number of hydrogen-bond donors (Lipinski definition) is 0. The Hall–Kier alpha value is -3.22. The molecule has 4 heterocycles. The summed E-state index contributed by atoms with van der Waals surface area (Å²) in [6, 6.07) is 8.02.